The Morgan fingerprint density at radius 1 is 1.23 bits per heavy atom. The van der Waals surface area contributed by atoms with Crippen molar-refractivity contribution in [2.24, 2.45) is 0 Å². The van der Waals surface area contributed by atoms with Crippen molar-refractivity contribution in [1.29, 1.82) is 0 Å². The first kappa shape index (κ1) is 15.5. The number of aromatic nitrogens is 2. The van der Waals surface area contributed by atoms with Crippen molar-refractivity contribution in [3.8, 4) is 11.1 Å². The van der Waals surface area contributed by atoms with E-state index < -0.39 is 0 Å². The van der Waals surface area contributed by atoms with Crippen LogP contribution in [-0.2, 0) is 4.74 Å². The predicted octanol–water partition coefficient (Wildman–Crippen LogP) is 4.35. The third-order valence-electron chi connectivity index (χ3n) is 4.39. The van der Waals surface area contributed by atoms with Crippen LogP contribution in [0, 0.1) is 6.92 Å². The molecular weight excluding hydrogens is 295 g/mol. The molecule has 1 saturated heterocycles. The maximum atomic E-state index is 6.15. The number of pyridine rings is 1. The summed E-state index contributed by atoms with van der Waals surface area (Å²) < 4.78 is 11.9. The van der Waals surface area contributed by atoms with E-state index in [9.17, 15) is 0 Å². The van der Waals surface area contributed by atoms with E-state index in [1.54, 1.807) is 0 Å². The molecule has 1 aliphatic heterocycles. The van der Waals surface area contributed by atoms with Crippen LogP contribution < -0.4 is 4.74 Å². The van der Waals surface area contributed by atoms with E-state index in [4.69, 9.17) is 9.47 Å². The van der Waals surface area contributed by atoms with E-state index in [2.05, 4.69) is 44.9 Å². The summed E-state index contributed by atoms with van der Waals surface area (Å²) in [6.07, 6.45) is 0. The lowest BCUT2D eigenvalue weighted by Gasteiger charge is -2.33. The van der Waals surface area contributed by atoms with Gasteiger partial charge in [-0.25, -0.2) is 9.97 Å². The highest BCUT2D eigenvalue weighted by Gasteiger charge is 2.49. The van der Waals surface area contributed by atoms with Crippen molar-refractivity contribution < 1.29 is 9.47 Å². The van der Waals surface area contributed by atoms with Crippen molar-refractivity contribution in [2.75, 3.05) is 0 Å². The number of ether oxygens (including phenoxy) is 2. The van der Waals surface area contributed by atoms with E-state index in [0.29, 0.717) is 11.1 Å². The number of hydrogen-bond donors (Lipinski definition) is 0. The molecule has 1 atom stereocenters. The number of hydrogen-bond acceptors (Lipinski definition) is 5. The van der Waals surface area contributed by atoms with E-state index >= 15 is 0 Å². The highest BCUT2D eigenvalue weighted by molar-refractivity contribution is 7.11. The molecule has 0 aromatic carbocycles. The molecule has 4 nitrogen and oxygen atoms in total. The van der Waals surface area contributed by atoms with Gasteiger partial charge in [-0.1, -0.05) is 31.3 Å². The van der Waals surface area contributed by atoms with Gasteiger partial charge >= 0.3 is 0 Å². The van der Waals surface area contributed by atoms with Crippen LogP contribution in [0.3, 0.4) is 0 Å². The lowest BCUT2D eigenvalue weighted by atomic mass is 9.48. The minimum Gasteiger partial charge on any atom is -0.412 e. The Balaban J connectivity index is 1.75. The van der Waals surface area contributed by atoms with Gasteiger partial charge in [-0.15, -0.1) is 0 Å². The molecule has 22 heavy (non-hydrogen) atoms. The van der Waals surface area contributed by atoms with Crippen molar-refractivity contribution in [1.82, 2.24) is 9.97 Å². The molecule has 2 aromatic rings. The largest absolute Gasteiger partial charge is 0.412 e. The average molecular weight is 315 g/mol. The molecular formula is C16H20BN2O2S. The standard InChI is InChI=1S/C16H20BN2O2S/c1-10-7-6-8-12(18-10)20-14-19-11(9-22-14)13-17-15(2,3)16(4,5)21-13/h6-9,13H,1-5H3. The minimum atomic E-state index is -0.208. The van der Waals surface area contributed by atoms with Gasteiger partial charge in [-0.05, 0) is 32.2 Å². The summed E-state index contributed by atoms with van der Waals surface area (Å²) in [5.74, 6) is 0.567. The summed E-state index contributed by atoms with van der Waals surface area (Å²) in [6, 6.07) is 5.60. The topological polar surface area (TPSA) is 44.2 Å². The van der Waals surface area contributed by atoms with E-state index in [1.807, 2.05) is 30.5 Å². The van der Waals surface area contributed by atoms with Gasteiger partial charge in [0.2, 0.25) is 5.88 Å². The molecule has 0 N–H and O–H groups in total. The lowest BCUT2D eigenvalue weighted by molar-refractivity contribution is -0.0354. The molecule has 3 rings (SSSR count). The van der Waals surface area contributed by atoms with E-state index in [-0.39, 0.29) is 16.9 Å². The minimum absolute atomic E-state index is 0.000398. The summed E-state index contributed by atoms with van der Waals surface area (Å²) >= 11 is 1.46. The van der Waals surface area contributed by atoms with Crippen molar-refractivity contribution in [2.45, 2.75) is 51.5 Å². The van der Waals surface area contributed by atoms with Gasteiger partial charge in [0.25, 0.3) is 5.19 Å². The number of aryl methyl sites for hydroxylation is 1. The van der Waals surface area contributed by atoms with Crippen LogP contribution in [0.25, 0.3) is 0 Å². The molecule has 6 heteroatoms. The Morgan fingerprint density at radius 2 is 2.00 bits per heavy atom. The van der Waals surface area contributed by atoms with Crippen molar-refractivity contribution in [3.63, 3.8) is 0 Å². The Hall–Kier alpha value is -1.40. The van der Waals surface area contributed by atoms with Gasteiger partial charge in [0, 0.05) is 17.1 Å². The normalized spacial score (nSPS) is 22.3. The Kier molecular flexibility index (Phi) is 3.77. The first-order valence-corrected chi connectivity index (χ1v) is 8.26. The molecule has 0 spiro atoms. The third-order valence-corrected chi connectivity index (χ3v) is 5.12. The molecule has 1 fully saturated rings. The molecule has 0 bridgehead atoms. The second-order valence-corrected chi connectivity index (χ2v) is 7.52. The highest BCUT2D eigenvalue weighted by Crippen LogP contribution is 2.51. The Morgan fingerprint density at radius 3 is 2.64 bits per heavy atom. The summed E-state index contributed by atoms with van der Waals surface area (Å²) in [7, 11) is 2.22. The van der Waals surface area contributed by atoms with Gasteiger partial charge in [0.15, 0.2) is 7.28 Å². The van der Waals surface area contributed by atoms with Gasteiger partial charge in [-0.3, -0.25) is 0 Å². The molecule has 1 radical (unpaired) electrons. The molecule has 2 aromatic heterocycles. The van der Waals surface area contributed by atoms with Crippen LogP contribution >= 0.6 is 11.3 Å². The number of rotatable bonds is 3. The average Bonchev–Trinajstić information content (AvgIpc) is 2.93. The van der Waals surface area contributed by atoms with Crippen molar-refractivity contribution >= 4 is 18.6 Å². The monoisotopic (exact) mass is 315 g/mol. The molecule has 0 saturated carbocycles. The van der Waals surface area contributed by atoms with Crippen molar-refractivity contribution in [3.05, 3.63) is 35.0 Å². The molecule has 115 valence electrons. The van der Waals surface area contributed by atoms with Crippen LogP contribution in [0.2, 0.25) is 5.31 Å². The Labute approximate surface area is 136 Å². The second kappa shape index (κ2) is 5.35. The van der Waals surface area contributed by atoms with Gasteiger partial charge in [0.1, 0.15) is 0 Å². The van der Waals surface area contributed by atoms with Crippen LogP contribution in [0.5, 0.6) is 11.1 Å². The fourth-order valence-electron chi connectivity index (χ4n) is 2.34. The maximum Gasteiger partial charge on any atom is 0.280 e. The van der Waals surface area contributed by atoms with Gasteiger partial charge in [-0.2, -0.15) is 0 Å². The van der Waals surface area contributed by atoms with E-state index in [1.165, 1.54) is 11.3 Å². The zero-order valence-electron chi connectivity index (χ0n) is 13.6. The molecule has 3 heterocycles. The van der Waals surface area contributed by atoms with Crippen LogP contribution in [0.4, 0.5) is 0 Å². The first-order valence-electron chi connectivity index (χ1n) is 7.38. The summed E-state index contributed by atoms with van der Waals surface area (Å²) in [6.45, 7) is 10.5. The third kappa shape index (κ3) is 2.90. The van der Waals surface area contributed by atoms with Crippen LogP contribution in [-0.4, -0.2) is 22.8 Å². The smallest absolute Gasteiger partial charge is 0.280 e. The van der Waals surface area contributed by atoms with Gasteiger partial charge < -0.3 is 9.47 Å². The maximum absolute atomic E-state index is 6.15. The number of nitrogens with zero attached hydrogens (tertiary/aromatic N) is 2. The fourth-order valence-corrected chi connectivity index (χ4v) is 3.04. The fraction of sp³-hybridized carbons (Fsp3) is 0.500. The molecule has 1 aliphatic rings. The zero-order valence-corrected chi connectivity index (χ0v) is 14.4. The SMILES string of the molecule is Cc1cccc(Oc2nc(C3[B]C(C)(C)C(C)(C)O3)cs2)n1. The van der Waals surface area contributed by atoms with Gasteiger partial charge in [0.05, 0.1) is 17.3 Å². The Bertz CT molecular complexity index is 668. The van der Waals surface area contributed by atoms with E-state index in [0.717, 1.165) is 11.4 Å². The molecule has 1 unspecified atom stereocenters. The van der Waals surface area contributed by atoms with Crippen LogP contribution in [0.15, 0.2) is 23.6 Å². The molecule has 0 aliphatic carbocycles. The lowest BCUT2D eigenvalue weighted by Crippen LogP contribution is -2.31. The number of thiazole rings is 1. The second-order valence-electron chi connectivity index (χ2n) is 6.69. The molecule has 0 amide bonds. The predicted molar refractivity (Wildman–Crippen MR) is 88.9 cm³/mol. The summed E-state index contributed by atoms with van der Waals surface area (Å²) in [5.41, 5.74) is 1.61. The van der Waals surface area contributed by atoms with Crippen LogP contribution in [0.1, 0.15) is 45.1 Å². The zero-order chi connectivity index (χ0) is 16.0. The summed E-state index contributed by atoms with van der Waals surface area (Å²) in [4.78, 5) is 8.88. The summed E-state index contributed by atoms with van der Waals surface area (Å²) in [5, 5.41) is 2.58. The first-order chi connectivity index (χ1) is 10.3. The highest BCUT2D eigenvalue weighted by atomic mass is 32.1. The quantitative estimate of drug-likeness (QED) is 0.790.